The summed E-state index contributed by atoms with van der Waals surface area (Å²) in [6.07, 6.45) is 20.2. The number of benzene rings is 3. The van der Waals surface area contributed by atoms with Gasteiger partial charge in [-0.25, -0.2) is 0 Å². The van der Waals surface area contributed by atoms with Crippen molar-refractivity contribution in [3.8, 4) is 17.6 Å². The molecule has 206 valence electrons. The van der Waals surface area contributed by atoms with E-state index in [0.29, 0.717) is 0 Å². The van der Waals surface area contributed by atoms with Crippen LogP contribution in [-0.2, 0) is 12.6 Å². The Labute approximate surface area is 251 Å². The van der Waals surface area contributed by atoms with Crippen LogP contribution in [0.3, 0.4) is 0 Å². The van der Waals surface area contributed by atoms with Crippen LogP contribution in [0.5, 0.6) is 5.75 Å². The third-order valence-electron chi connectivity index (χ3n) is 7.94. The molecule has 41 heavy (non-hydrogen) atoms. The molecule has 1 saturated carbocycles. The quantitative estimate of drug-likeness (QED) is 0.180. The van der Waals surface area contributed by atoms with Gasteiger partial charge in [0.1, 0.15) is 5.75 Å². The van der Waals surface area contributed by atoms with Crippen molar-refractivity contribution in [3.05, 3.63) is 120 Å². The second kappa shape index (κ2) is 15.2. The molecule has 0 atom stereocenters. The van der Waals surface area contributed by atoms with Crippen molar-refractivity contribution in [1.29, 1.82) is 0 Å². The molecule has 0 radical (unpaired) electrons. The van der Waals surface area contributed by atoms with Gasteiger partial charge in [-0.15, -0.1) is 0 Å². The number of rotatable bonds is 4. The Hall–Kier alpha value is -3.85. The summed E-state index contributed by atoms with van der Waals surface area (Å²) < 4.78 is 6.06. The highest BCUT2D eigenvalue weighted by molar-refractivity contribution is 7.59. The van der Waals surface area contributed by atoms with E-state index in [1.165, 1.54) is 78.7 Å². The van der Waals surface area contributed by atoms with Crippen molar-refractivity contribution in [3.63, 3.8) is 0 Å². The van der Waals surface area contributed by atoms with E-state index < -0.39 is 0 Å². The van der Waals surface area contributed by atoms with Gasteiger partial charge in [0.05, 0.1) is 6.61 Å². The average molecular weight is 556 g/mol. The lowest BCUT2D eigenvalue weighted by molar-refractivity contribution is 0.248. The maximum Gasteiger partial charge on any atom is 0.158 e. The van der Waals surface area contributed by atoms with Gasteiger partial charge >= 0.3 is 0 Å². The Kier molecular flexibility index (Phi) is 10.7. The van der Waals surface area contributed by atoms with Crippen molar-refractivity contribution < 1.29 is 4.74 Å². The van der Waals surface area contributed by atoms with E-state index in [1.807, 2.05) is 36.4 Å². The fourth-order valence-corrected chi connectivity index (χ4v) is 5.94. The van der Waals surface area contributed by atoms with Crippen molar-refractivity contribution in [2.45, 2.75) is 62.7 Å². The van der Waals surface area contributed by atoms with Gasteiger partial charge in [-0.05, 0) is 96.8 Å². The van der Waals surface area contributed by atoms with Crippen LogP contribution < -0.4 is 4.74 Å². The van der Waals surface area contributed by atoms with E-state index in [0.717, 1.165) is 35.0 Å². The van der Waals surface area contributed by atoms with E-state index in [4.69, 9.17) is 4.74 Å². The fraction of sp³-hybridized carbons (Fsp3) is 0.282. The van der Waals surface area contributed by atoms with Gasteiger partial charge in [0.15, 0.2) is 4.90 Å². The molecule has 0 spiro atoms. The predicted octanol–water partition coefficient (Wildman–Crippen LogP) is 9.60. The lowest BCUT2D eigenvalue weighted by Crippen LogP contribution is -2.10. The molecule has 0 unspecified atom stereocenters. The van der Waals surface area contributed by atoms with Crippen LogP contribution in [0.15, 0.2) is 113 Å². The second-order valence-electron chi connectivity index (χ2n) is 10.8. The summed E-state index contributed by atoms with van der Waals surface area (Å²) in [5.41, 5.74) is 2.78. The molecule has 0 bridgehead atoms. The topological polar surface area (TPSA) is 9.23 Å². The maximum absolute atomic E-state index is 6.06. The molecule has 3 aliphatic rings. The molecule has 3 aliphatic carbocycles. The molecule has 0 N–H and O–H groups in total. The van der Waals surface area contributed by atoms with Gasteiger partial charge in [-0.2, -0.15) is 0 Å². The van der Waals surface area contributed by atoms with E-state index in [-0.39, 0.29) is 0 Å². The summed E-state index contributed by atoms with van der Waals surface area (Å²) >= 11 is 3.66. The van der Waals surface area contributed by atoms with Crippen LogP contribution in [-0.4, -0.2) is 6.61 Å². The van der Waals surface area contributed by atoms with Crippen molar-refractivity contribution in [2.24, 2.45) is 5.92 Å². The Balaban J connectivity index is 0.000000135. The number of fused-ring (bicyclic) bond motifs is 3. The van der Waals surface area contributed by atoms with Gasteiger partial charge in [0.2, 0.25) is 0 Å². The first-order valence-electron chi connectivity index (χ1n) is 15.0. The molecule has 0 amide bonds. The molecule has 0 heterocycles. The molecular weight excluding hydrogens is 516 g/mol. The van der Waals surface area contributed by atoms with Crippen LogP contribution in [0, 0.1) is 29.9 Å². The van der Waals surface area contributed by atoms with Crippen LogP contribution in [0.1, 0.15) is 57.8 Å². The molecule has 7 rings (SSSR count). The van der Waals surface area contributed by atoms with Gasteiger partial charge in [0, 0.05) is 22.6 Å². The van der Waals surface area contributed by atoms with Gasteiger partial charge < -0.3 is 4.74 Å². The lowest BCUT2D eigenvalue weighted by Gasteiger charge is -2.21. The summed E-state index contributed by atoms with van der Waals surface area (Å²) in [4.78, 5) is 1.13. The zero-order valence-electron chi connectivity index (χ0n) is 23.8. The normalized spacial score (nSPS) is 15.7. The Morgan fingerprint density at radius 3 is 2.59 bits per heavy atom. The molecule has 4 aromatic rings. The van der Waals surface area contributed by atoms with Gasteiger partial charge in [-0.3, -0.25) is 0 Å². The SMILES string of the molecule is C1#CCC=C2CCC=CC2=C1.[SH2+]c1ccc(OCCC2CCCCC2)c2ccccc12.c1ccc2ccccc2c#1. The van der Waals surface area contributed by atoms with Crippen molar-refractivity contribution in [1.82, 2.24) is 0 Å². The summed E-state index contributed by atoms with van der Waals surface area (Å²) in [5, 5.41) is 4.77. The summed E-state index contributed by atoms with van der Waals surface area (Å²) in [6.45, 7) is 0.843. The molecular formula is C39H39OS+. The third-order valence-corrected chi connectivity index (χ3v) is 8.37. The Morgan fingerprint density at radius 1 is 0.878 bits per heavy atom. The highest BCUT2D eigenvalue weighted by Crippen LogP contribution is 2.30. The number of hydrogen-bond donors (Lipinski definition) is 0. The third kappa shape index (κ3) is 8.33. The van der Waals surface area contributed by atoms with Crippen LogP contribution >= 0.6 is 0 Å². The van der Waals surface area contributed by atoms with E-state index in [1.54, 1.807) is 0 Å². The van der Waals surface area contributed by atoms with Gasteiger partial charge in [0.25, 0.3) is 0 Å². The predicted molar refractivity (Wildman–Crippen MR) is 178 cm³/mol. The lowest BCUT2D eigenvalue weighted by atomic mass is 9.87. The first-order chi connectivity index (χ1) is 20.3. The van der Waals surface area contributed by atoms with Crippen LogP contribution in [0.2, 0.25) is 0 Å². The first-order valence-corrected chi connectivity index (χ1v) is 15.5. The monoisotopic (exact) mass is 555 g/mol. The maximum atomic E-state index is 6.06. The highest BCUT2D eigenvalue weighted by atomic mass is 32.1. The molecule has 2 heteroatoms. The van der Waals surface area contributed by atoms with Gasteiger partial charge in [-0.1, -0.05) is 111 Å². The molecule has 1 fully saturated rings. The minimum Gasteiger partial charge on any atom is -0.493 e. The summed E-state index contributed by atoms with van der Waals surface area (Å²) in [5.74, 6) is 7.99. The van der Waals surface area contributed by atoms with Crippen molar-refractivity contribution >= 4 is 34.2 Å². The van der Waals surface area contributed by atoms with E-state index in [9.17, 15) is 0 Å². The zero-order chi connectivity index (χ0) is 28.1. The van der Waals surface area contributed by atoms with E-state index >= 15 is 0 Å². The Bertz CT molecular complexity index is 1530. The minimum atomic E-state index is 0.843. The minimum absolute atomic E-state index is 0.843. The van der Waals surface area contributed by atoms with E-state index in [2.05, 4.69) is 97.3 Å². The zero-order valence-corrected chi connectivity index (χ0v) is 24.8. The number of ether oxygens (including phenoxy) is 1. The number of hydrogen-bond acceptors (Lipinski definition) is 1. The molecule has 0 saturated heterocycles. The molecule has 1 nitrogen and oxygen atoms in total. The summed E-state index contributed by atoms with van der Waals surface area (Å²) in [7, 11) is 0. The Morgan fingerprint density at radius 2 is 1.71 bits per heavy atom. The number of allylic oxidation sites excluding steroid dienone is 6. The van der Waals surface area contributed by atoms with Crippen LogP contribution in [0.25, 0.3) is 21.5 Å². The summed E-state index contributed by atoms with van der Waals surface area (Å²) in [6, 6.07) is 30.5. The largest absolute Gasteiger partial charge is 0.493 e. The molecule has 0 aromatic heterocycles. The molecule has 0 aliphatic heterocycles. The fourth-order valence-electron chi connectivity index (χ4n) is 5.64. The molecule has 4 aromatic carbocycles. The highest BCUT2D eigenvalue weighted by Gasteiger charge is 2.14. The van der Waals surface area contributed by atoms with Crippen molar-refractivity contribution in [2.75, 3.05) is 6.61 Å². The van der Waals surface area contributed by atoms with Crippen LogP contribution in [0.4, 0.5) is 0 Å². The second-order valence-corrected chi connectivity index (χ2v) is 11.3. The average Bonchev–Trinajstić information content (AvgIpc) is 3.29. The first kappa shape index (κ1) is 28.7. The smallest absolute Gasteiger partial charge is 0.158 e. The standard InChI is InChI=1S/C18H22OS.C11H10.C10H6/c20-18-11-10-17(15-8-4-5-9-16(15)18)19-13-12-14-6-2-1-3-7-14;1-2-6-10-8-4-5-9-11(10)7-3-1;1-2-6-10-8-4-3-7-9(10)5-1/h4-5,8-11,14,20H,1-3,6-7,12-13H2;5-7,9H,2,4,8H2;1-3,5-7H/p+1.